The molecule has 1 aromatic rings. The van der Waals surface area contributed by atoms with Crippen molar-refractivity contribution in [3.63, 3.8) is 0 Å². The van der Waals surface area contributed by atoms with E-state index in [2.05, 4.69) is 9.99 Å². The summed E-state index contributed by atoms with van der Waals surface area (Å²) in [5.74, 6) is -0.572. The zero-order chi connectivity index (χ0) is 14.3. The van der Waals surface area contributed by atoms with Gasteiger partial charge in [-0.3, -0.25) is 9.63 Å². The van der Waals surface area contributed by atoms with Gasteiger partial charge in [0.15, 0.2) is 0 Å². The summed E-state index contributed by atoms with van der Waals surface area (Å²) in [7, 11) is 2.99. The average Bonchev–Trinajstić information content (AvgIpc) is 2.42. The van der Waals surface area contributed by atoms with Gasteiger partial charge < -0.3 is 9.64 Å². The molecule has 0 N–H and O–H groups in total. The Bertz CT molecular complexity index is 474. The molecule has 0 unspecified atom stereocenters. The number of amides is 1. The maximum Gasteiger partial charge on any atom is 0.535 e. The summed E-state index contributed by atoms with van der Waals surface area (Å²) in [6.45, 7) is 0.0500. The van der Waals surface area contributed by atoms with Crippen LogP contribution >= 0.6 is 11.6 Å². The third kappa shape index (κ3) is 5.39. The van der Waals surface area contributed by atoms with Crippen LogP contribution in [0.15, 0.2) is 35.5 Å². The molecular formula is C12H13ClN2O4. The normalized spacial score (nSPS) is 10.8. The molecule has 1 amide bonds. The average molecular weight is 285 g/mol. The lowest BCUT2D eigenvalue weighted by Crippen LogP contribution is -2.27. The first-order chi connectivity index (χ1) is 9.00. The number of halogens is 1. The minimum atomic E-state index is -1.03. The molecule has 102 valence electrons. The molecule has 0 aromatic heterocycles. The van der Waals surface area contributed by atoms with Gasteiger partial charge >= 0.3 is 6.16 Å². The van der Waals surface area contributed by atoms with Crippen molar-refractivity contribution in [1.29, 1.82) is 0 Å². The largest absolute Gasteiger partial charge is 0.535 e. The predicted molar refractivity (Wildman–Crippen MR) is 69.7 cm³/mol. The number of nitrogens with zero attached hydrogens (tertiary/aromatic N) is 2. The lowest BCUT2D eigenvalue weighted by atomic mass is 10.2. The highest BCUT2D eigenvalue weighted by atomic mass is 35.5. The van der Waals surface area contributed by atoms with Gasteiger partial charge in [-0.2, -0.15) is 0 Å². The smallest absolute Gasteiger partial charge is 0.428 e. The van der Waals surface area contributed by atoms with Crippen molar-refractivity contribution >= 4 is 28.8 Å². The van der Waals surface area contributed by atoms with Gasteiger partial charge in [0.1, 0.15) is 6.61 Å². The van der Waals surface area contributed by atoms with Crippen LogP contribution in [0.2, 0.25) is 0 Å². The maximum atomic E-state index is 11.3. The van der Waals surface area contributed by atoms with Crippen LogP contribution in [0.1, 0.15) is 5.56 Å². The van der Waals surface area contributed by atoms with E-state index in [1.165, 1.54) is 19.0 Å². The summed E-state index contributed by atoms with van der Waals surface area (Å²) < 4.78 is 4.77. The van der Waals surface area contributed by atoms with Crippen molar-refractivity contribution in [3.8, 4) is 0 Å². The van der Waals surface area contributed by atoms with Crippen LogP contribution in [0.3, 0.4) is 0 Å². The highest BCUT2D eigenvalue weighted by Crippen LogP contribution is 2.02. The first-order valence-corrected chi connectivity index (χ1v) is 5.71. The minimum Gasteiger partial charge on any atom is -0.428 e. The highest BCUT2D eigenvalue weighted by molar-refractivity contribution is 6.82. The molecule has 0 heterocycles. The van der Waals surface area contributed by atoms with Crippen LogP contribution in [0, 0.1) is 0 Å². The fraction of sp³-hybridized carbons (Fsp3) is 0.250. The quantitative estimate of drug-likeness (QED) is 0.367. The van der Waals surface area contributed by atoms with E-state index >= 15 is 0 Å². The van der Waals surface area contributed by atoms with E-state index in [4.69, 9.17) is 16.3 Å². The van der Waals surface area contributed by atoms with Gasteiger partial charge in [-0.15, -0.1) is 0 Å². The zero-order valence-electron chi connectivity index (χ0n) is 10.5. The third-order valence-electron chi connectivity index (χ3n) is 1.98. The van der Waals surface area contributed by atoms with Crippen LogP contribution in [0.25, 0.3) is 0 Å². The van der Waals surface area contributed by atoms with Crippen molar-refractivity contribution in [2.24, 2.45) is 5.16 Å². The van der Waals surface area contributed by atoms with Crippen LogP contribution in [0.4, 0.5) is 4.79 Å². The zero-order valence-corrected chi connectivity index (χ0v) is 11.3. The second-order valence-corrected chi connectivity index (χ2v) is 4.06. The molecule has 0 atom stereocenters. The van der Waals surface area contributed by atoms with E-state index in [1.54, 1.807) is 12.1 Å². The van der Waals surface area contributed by atoms with Crippen molar-refractivity contribution in [3.05, 3.63) is 35.9 Å². The van der Waals surface area contributed by atoms with Crippen molar-refractivity contribution in [2.45, 2.75) is 6.61 Å². The Balaban J connectivity index is 2.40. The molecular weight excluding hydrogens is 272 g/mol. The Labute approximate surface area is 115 Å². The Morgan fingerprint density at radius 3 is 2.47 bits per heavy atom. The van der Waals surface area contributed by atoms with E-state index in [-0.39, 0.29) is 6.61 Å². The van der Waals surface area contributed by atoms with E-state index in [0.29, 0.717) is 0 Å². The van der Waals surface area contributed by atoms with Crippen LogP contribution in [-0.2, 0) is 21.0 Å². The van der Waals surface area contributed by atoms with Gasteiger partial charge in [0.25, 0.3) is 5.91 Å². The van der Waals surface area contributed by atoms with Gasteiger partial charge in [0.05, 0.1) is 0 Å². The summed E-state index contributed by atoms with van der Waals surface area (Å²) in [6, 6.07) is 9.06. The number of carbonyl (C=O) groups is 2. The number of ether oxygens (including phenoxy) is 1. The van der Waals surface area contributed by atoms with E-state index < -0.39 is 17.2 Å². The molecule has 0 saturated heterocycles. The standard InChI is InChI=1S/C12H13ClN2O4/c1-15(2)11(16)10(13)14-19-12(17)18-8-9-6-4-3-5-7-9/h3-7H,8H2,1-2H3. The summed E-state index contributed by atoms with van der Waals surface area (Å²) >= 11 is 5.51. The minimum absolute atomic E-state index is 0.0500. The molecule has 1 rings (SSSR count). The molecule has 0 fully saturated rings. The number of hydrogen-bond donors (Lipinski definition) is 0. The molecule has 6 nitrogen and oxygen atoms in total. The molecule has 0 bridgehead atoms. The van der Waals surface area contributed by atoms with Crippen molar-refractivity contribution < 1.29 is 19.2 Å². The second kappa shape index (κ2) is 7.38. The second-order valence-electron chi connectivity index (χ2n) is 3.70. The topological polar surface area (TPSA) is 68.2 Å². The summed E-state index contributed by atoms with van der Waals surface area (Å²) in [5.41, 5.74) is 0.805. The molecule has 7 heteroatoms. The number of hydrogen-bond acceptors (Lipinski definition) is 5. The van der Waals surface area contributed by atoms with Crippen LogP contribution in [-0.4, -0.2) is 36.2 Å². The molecule has 0 spiro atoms. The summed E-state index contributed by atoms with van der Waals surface area (Å²) in [4.78, 5) is 28.0. The molecule has 0 aliphatic heterocycles. The molecule has 0 saturated carbocycles. The van der Waals surface area contributed by atoms with Gasteiger partial charge in [0, 0.05) is 14.1 Å². The first-order valence-electron chi connectivity index (χ1n) is 5.33. The van der Waals surface area contributed by atoms with Crippen molar-refractivity contribution in [1.82, 2.24) is 4.90 Å². The highest BCUT2D eigenvalue weighted by Gasteiger charge is 2.13. The lowest BCUT2D eigenvalue weighted by Gasteiger charge is -2.07. The van der Waals surface area contributed by atoms with Gasteiger partial charge in [-0.05, 0) is 5.56 Å². The predicted octanol–water partition coefficient (Wildman–Crippen LogP) is 1.98. The van der Waals surface area contributed by atoms with Crippen LogP contribution < -0.4 is 0 Å². The Hall–Kier alpha value is -2.08. The van der Waals surface area contributed by atoms with E-state index in [1.807, 2.05) is 18.2 Å². The van der Waals surface area contributed by atoms with Gasteiger partial charge in [-0.1, -0.05) is 47.1 Å². The molecule has 1 aromatic carbocycles. The molecule has 0 aliphatic carbocycles. The fourth-order valence-corrected chi connectivity index (χ4v) is 1.25. The number of oxime groups is 1. The molecule has 19 heavy (non-hydrogen) atoms. The molecule has 0 aliphatic rings. The Morgan fingerprint density at radius 2 is 1.89 bits per heavy atom. The third-order valence-corrected chi connectivity index (χ3v) is 2.21. The SMILES string of the molecule is CN(C)C(=O)C(Cl)=NOC(=O)OCc1ccccc1. The number of rotatable bonds is 4. The van der Waals surface area contributed by atoms with Gasteiger partial charge in [-0.25, -0.2) is 4.79 Å². The van der Waals surface area contributed by atoms with E-state index in [9.17, 15) is 9.59 Å². The summed E-state index contributed by atoms with van der Waals surface area (Å²) in [5, 5.41) is 2.72. The van der Waals surface area contributed by atoms with Crippen LogP contribution in [0.5, 0.6) is 0 Å². The fourth-order valence-electron chi connectivity index (χ4n) is 1.04. The number of carbonyl (C=O) groups excluding carboxylic acids is 2. The van der Waals surface area contributed by atoms with Crippen molar-refractivity contribution in [2.75, 3.05) is 14.1 Å². The summed E-state index contributed by atoms with van der Waals surface area (Å²) in [6.07, 6.45) is -1.03. The molecule has 0 radical (unpaired) electrons. The maximum absolute atomic E-state index is 11.3. The Morgan fingerprint density at radius 1 is 1.26 bits per heavy atom. The van der Waals surface area contributed by atoms with Gasteiger partial charge in [0.2, 0.25) is 5.17 Å². The number of benzene rings is 1. The van der Waals surface area contributed by atoms with E-state index in [0.717, 1.165) is 5.56 Å². The first kappa shape index (κ1) is 15.0. The Kier molecular flexibility index (Phi) is 5.81. The lowest BCUT2D eigenvalue weighted by molar-refractivity contribution is -0.121. The monoisotopic (exact) mass is 284 g/mol.